The largest absolute Gasteiger partial charge is 0.354 e. The minimum absolute atomic E-state index is 0. The minimum Gasteiger partial charge on any atom is -0.354 e. The third-order valence-corrected chi connectivity index (χ3v) is 6.65. The molecule has 2 unspecified atom stereocenters. The van der Waals surface area contributed by atoms with Gasteiger partial charge in [0.1, 0.15) is 0 Å². The summed E-state index contributed by atoms with van der Waals surface area (Å²) in [5, 5.41) is 6.41. The number of hydrogen-bond acceptors (Lipinski definition) is 3. The molecule has 2 aromatic carbocycles. The fraction of sp³-hybridized carbons (Fsp3) is 0.462. The van der Waals surface area contributed by atoms with Crippen LogP contribution in [-0.2, 0) is 6.54 Å². The molecule has 0 saturated carbocycles. The Kier molecular flexibility index (Phi) is 9.99. The highest BCUT2D eigenvalue weighted by atomic mass is 127. The van der Waals surface area contributed by atoms with Crippen LogP contribution in [0.25, 0.3) is 0 Å². The number of amides is 1. The van der Waals surface area contributed by atoms with Crippen LogP contribution in [-0.4, -0.2) is 67.5 Å². The van der Waals surface area contributed by atoms with Gasteiger partial charge in [0.2, 0.25) is 0 Å². The summed E-state index contributed by atoms with van der Waals surface area (Å²) in [4.78, 5) is 21.8. The van der Waals surface area contributed by atoms with Crippen molar-refractivity contribution < 1.29 is 4.79 Å². The molecule has 0 aliphatic carbocycles. The van der Waals surface area contributed by atoms with E-state index >= 15 is 0 Å². The lowest BCUT2D eigenvalue weighted by Gasteiger charge is -2.48. The molecule has 178 valence electrons. The molecular weight excluding hydrogens is 525 g/mol. The van der Waals surface area contributed by atoms with Crippen molar-refractivity contribution in [1.29, 1.82) is 0 Å². The van der Waals surface area contributed by atoms with E-state index in [1.165, 1.54) is 31.4 Å². The molecule has 2 N–H and O–H groups in total. The van der Waals surface area contributed by atoms with Crippen LogP contribution in [0, 0.1) is 5.92 Å². The van der Waals surface area contributed by atoms with Crippen molar-refractivity contribution in [3.8, 4) is 0 Å². The number of carbonyl (C=O) groups is 1. The molecule has 33 heavy (non-hydrogen) atoms. The highest BCUT2D eigenvalue weighted by Crippen LogP contribution is 2.31. The summed E-state index contributed by atoms with van der Waals surface area (Å²) in [7, 11) is 1.85. The number of guanidine groups is 1. The number of likely N-dealkylation sites (tertiary alicyclic amines) is 2. The predicted octanol–water partition coefficient (Wildman–Crippen LogP) is 3.60. The maximum absolute atomic E-state index is 12.2. The number of benzene rings is 2. The SMILES string of the molecule is CN=C(NCCNC(=O)c1ccccc1)N1CCC2C(CCCN2Cc2ccccc2)C1.I. The first-order chi connectivity index (χ1) is 15.7. The molecule has 0 aromatic heterocycles. The van der Waals surface area contributed by atoms with Crippen LogP contribution < -0.4 is 10.6 Å². The Balaban J connectivity index is 0.00000306. The van der Waals surface area contributed by atoms with Gasteiger partial charge in [-0.2, -0.15) is 0 Å². The minimum atomic E-state index is -0.0380. The first kappa shape index (κ1) is 25.5. The zero-order chi connectivity index (χ0) is 22.2. The second-order valence-electron chi connectivity index (χ2n) is 8.76. The summed E-state index contributed by atoms with van der Waals surface area (Å²) in [6.07, 6.45) is 3.72. The first-order valence-electron chi connectivity index (χ1n) is 11.8. The van der Waals surface area contributed by atoms with E-state index in [2.05, 4.69) is 55.8 Å². The van der Waals surface area contributed by atoms with Gasteiger partial charge in [-0.3, -0.25) is 14.7 Å². The number of piperidine rings is 2. The normalized spacial score (nSPS) is 21.0. The molecule has 4 rings (SSSR count). The van der Waals surface area contributed by atoms with E-state index in [0.29, 0.717) is 30.6 Å². The standard InChI is InChI=1S/C26H35N5O.HI/c1-27-26(29-16-15-28-25(32)22-11-6-3-7-12-22)31-18-14-24-23(20-31)13-8-17-30(24)19-21-9-4-2-5-10-21;/h2-7,9-12,23-24H,8,13-20H2,1H3,(H,27,29)(H,28,32);1H. The van der Waals surface area contributed by atoms with E-state index < -0.39 is 0 Å². The number of fused-ring (bicyclic) bond motifs is 1. The molecule has 2 atom stereocenters. The molecule has 1 amide bonds. The highest BCUT2D eigenvalue weighted by molar-refractivity contribution is 14.0. The van der Waals surface area contributed by atoms with Crippen LogP contribution in [0.4, 0.5) is 0 Å². The van der Waals surface area contributed by atoms with Crippen molar-refractivity contribution in [2.75, 3.05) is 39.8 Å². The lowest BCUT2D eigenvalue weighted by atomic mass is 9.83. The third kappa shape index (κ3) is 6.93. The van der Waals surface area contributed by atoms with E-state index in [-0.39, 0.29) is 29.9 Å². The average Bonchev–Trinajstić information content (AvgIpc) is 2.85. The summed E-state index contributed by atoms with van der Waals surface area (Å²) < 4.78 is 0. The van der Waals surface area contributed by atoms with Crippen molar-refractivity contribution in [3.05, 3.63) is 71.8 Å². The van der Waals surface area contributed by atoms with Crippen LogP contribution in [0.15, 0.2) is 65.7 Å². The van der Waals surface area contributed by atoms with Gasteiger partial charge < -0.3 is 15.5 Å². The second-order valence-corrected chi connectivity index (χ2v) is 8.76. The van der Waals surface area contributed by atoms with Crippen molar-refractivity contribution in [3.63, 3.8) is 0 Å². The fourth-order valence-corrected chi connectivity index (χ4v) is 5.09. The Morgan fingerprint density at radius 2 is 1.67 bits per heavy atom. The summed E-state index contributed by atoms with van der Waals surface area (Å²) in [6.45, 7) is 5.54. The number of halogens is 1. The van der Waals surface area contributed by atoms with Gasteiger partial charge in [-0.05, 0) is 49.4 Å². The summed E-state index contributed by atoms with van der Waals surface area (Å²) in [5.74, 6) is 1.58. The Labute approximate surface area is 214 Å². The monoisotopic (exact) mass is 561 g/mol. The van der Waals surface area contributed by atoms with E-state index in [9.17, 15) is 4.79 Å². The third-order valence-electron chi connectivity index (χ3n) is 6.65. The maximum atomic E-state index is 12.2. The highest BCUT2D eigenvalue weighted by Gasteiger charge is 2.36. The maximum Gasteiger partial charge on any atom is 0.251 e. The summed E-state index contributed by atoms with van der Waals surface area (Å²) >= 11 is 0. The molecule has 2 fully saturated rings. The van der Waals surface area contributed by atoms with Gasteiger partial charge in [0.25, 0.3) is 5.91 Å². The Morgan fingerprint density at radius 1 is 0.970 bits per heavy atom. The lowest BCUT2D eigenvalue weighted by Crippen LogP contribution is -2.57. The van der Waals surface area contributed by atoms with Crippen molar-refractivity contribution in [1.82, 2.24) is 20.4 Å². The van der Waals surface area contributed by atoms with Gasteiger partial charge in [0, 0.05) is 51.4 Å². The van der Waals surface area contributed by atoms with Crippen molar-refractivity contribution >= 4 is 35.8 Å². The lowest BCUT2D eigenvalue weighted by molar-refractivity contribution is 0.0373. The van der Waals surface area contributed by atoms with Crippen LogP contribution in [0.3, 0.4) is 0 Å². The van der Waals surface area contributed by atoms with E-state index in [0.717, 1.165) is 25.6 Å². The van der Waals surface area contributed by atoms with Gasteiger partial charge in [0.15, 0.2) is 5.96 Å². The van der Waals surface area contributed by atoms with Gasteiger partial charge in [0.05, 0.1) is 0 Å². The molecule has 2 saturated heterocycles. The number of aliphatic imine (C=N–C) groups is 1. The van der Waals surface area contributed by atoms with Gasteiger partial charge in [-0.25, -0.2) is 0 Å². The molecule has 2 aromatic rings. The van der Waals surface area contributed by atoms with E-state index in [4.69, 9.17) is 0 Å². The van der Waals surface area contributed by atoms with Gasteiger partial charge in [-0.1, -0.05) is 48.5 Å². The Bertz CT molecular complexity index is 892. The molecule has 2 aliphatic heterocycles. The zero-order valence-electron chi connectivity index (χ0n) is 19.5. The quantitative estimate of drug-likeness (QED) is 0.245. The molecular formula is C26H36IN5O. The molecule has 0 bridgehead atoms. The van der Waals surface area contributed by atoms with Gasteiger partial charge in [-0.15, -0.1) is 24.0 Å². The van der Waals surface area contributed by atoms with Crippen LogP contribution in [0.2, 0.25) is 0 Å². The molecule has 2 heterocycles. The Morgan fingerprint density at radius 3 is 2.39 bits per heavy atom. The van der Waals surface area contributed by atoms with Crippen molar-refractivity contribution in [2.24, 2.45) is 10.9 Å². The predicted molar refractivity (Wildman–Crippen MR) is 145 cm³/mol. The molecule has 2 aliphatic rings. The number of nitrogens with one attached hydrogen (secondary N) is 2. The van der Waals surface area contributed by atoms with Crippen molar-refractivity contribution in [2.45, 2.75) is 31.8 Å². The number of nitrogens with zero attached hydrogens (tertiary/aromatic N) is 3. The zero-order valence-corrected chi connectivity index (χ0v) is 21.8. The van der Waals surface area contributed by atoms with Crippen LogP contribution in [0.1, 0.15) is 35.2 Å². The molecule has 6 nitrogen and oxygen atoms in total. The molecule has 7 heteroatoms. The number of hydrogen-bond donors (Lipinski definition) is 2. The average molecular weight is 562 g/mol. The van der Waals surface area contributed by atoms with Crippen LogP contribution in [0.5, 0.6) is 0 Å². The summed E-state index contributed by atoms with van der Waals surface area (Å²) in [5.41, 5.74) is 2.10. The summed E-state index contributed by atoms with van der Waals surface area (Å²) in [6, 6.07) is 20.8. The smallest absolute Gasteiger partial charge is 0.251 e. The molecule has 0 radical (unpaired) electrons. The number of rotatable bonds is 6. The Hall–Kier alpha value is -2.13. The van der Waals surface area contributed by atoms with Gasteiger partial charge >= 0.3 is 0 Å². The first-order valence-corrected chi connectivity index (χ1v) is 11.8. The fourth-order valence-electron chi connectivity index (χ4n) is 5.09. The molecule has 0 spiro atoms. The van der Waals surface area contributed by atoms with E-state index in [1.54, 1.807) is 0 Å². The van der Waals surface area contributed by atoms with Crippen LogP contribution >= 0.6 is 24.0 Å². The second kappa shape index (κ2) is 12.9. The topological polar surface area (TPSA) is 60.0 Å². The van der Waals surface area contributed by atoms with E-state index in [1.807, 2.05) is 37.4 Å². The number of carbonyl (C=O) groups excluding carboxylic acids is 1.